The molecule has 1 aromatic carbocycles. The summed E-state index contributed by atoms with van der Waals surface area (Å²) >= 11 is 0. The van der Waals surface area contributed by atoms with Gasteiger partial charge in [-0.05, 0) is 44.0 Å². The van der Waals surface area contributed by atoms with Crippen LogP contribution in [0.4, 0.5) is 5.69 Å². The lowest BCUT2D eigenvalue weighted by atomic mass is 10.0. The molecule has 0 spiro atoms. The zero-order valence-electron chi connectivity index (χ0n) is 15.7. The Balaban J connectivity index is 0.00000312. The second-order valence-electron chi connectivity index (χ2n) is 6.84. The molecule has 0 amide bonds. The molecule has 1 aliphatic rings. The topological polar surface area (TPSA) is 62.9 Å². The molecule has 1 fully saturated rings. The molecule has 6 heteroatoms. The Kier molecular flexibility index (Phi) is 10.2. The predicted molar refractivity (Wildman–Crippen MR) is 117 cm³/mol. The van der Waals surface area contributed by atoms with Crippen LogP contribution in [0.2, 0.25) is 0 Å². The maximum Gasteiger partial charge on any atom is 0.193 e. The quantitative estimate of drug-likeness (QED) is 0.384. The van der Waals surface area contributed by atoms with Crippen molar-refractivity contribution < 1.29 is 4.74 Å². The highest BCUT2D eigenvalue weighted by molar-refractivity contribution is 14.0. The lowest BCUT2D eigenvalue weighted by molar-refractivity contribution is 0.166. The van der Waals surface area contributed by atoms with Gasteiger partial charge in [-0.3, -0.25) is 9.89 Å². The number of nitrogens with zero attached hydrogens (tertiary/aromatic N) is 2. The largest absolute Gasteiger partial charge is 0.497 e. The van der Waals surface area contributed by atoms with Crippen molar-refractivity contribution in [2.24, 2.45) is 16.6 Å². The lowest BCUT2D eigenvalue weighted by Gasteiger charge is -2.32. The Hall–Kier alpha value is -1.02. The third-order valence-electron chi connectivity index (χ3n) is 4.67. The number of guanidine groups is 1. The fourth-order valence-corrected chi connectivity index (χ4v) is 3.25. The van der Waals surface area contributed by atoms with Crippen molar-refractivity contribution in [3.05, 3.63) is 24.3 Å². The summed E-state index contributed by atoms with van der Waals surface area (Å²) in [5.41, 5.74) is 6.98. The van der Waals surface area contributed by atoms with Crippen LogP contribution in [-0.4, -0.2) is 43.6 Å². The second-order valence-corrected chi connectivity index (χ2v) is 6.84. The summed E-state index contributed by atoms with van der Waals surface area (Å²) in [5.74, 6) is 1.83. The molecule has 1 atom stereocenters. The molecule has 5 nitrogen and oxygen atoms in total. The first-order chi connectivity index (χ1) is 11.6. The minimum Gasteiger partial charge on any atom is -0.497 e. The van der Waals surface area contributed by atoms with Crippen LogP contribution in [0.3, 0.4) is 0 Å². The molecule has 0 aliphatic carbocycles. The molecule has 1 aliphatic heterocycles. The number of hydrogen-bond acceptors (Lipinski definition) is 3. The van der Waals surface area contributed by atoms with Crippen molar-refractivity contribution in [3.8, 4) is 5.75 Å². The molecule has 1 heterocycles. The Morgan fingerprint density at radius 2 is 1.92 bits per heavy atom. The van der Waals surface area contributed by atoms with E-state index >= 15 is 0 Å². The van der Waals surface area contributed by atoms with Crippen molar-refractivity contribution in [1.82, 2.24) is 4.90 Å². The fraction of sp³-hybridized carbons (Fsp3) is 0.632. The predicted octanol–water partition coefficient (Wildman–Crippen LogP) is 3.94. The standard InChI is InChI=1S/C19H32N4O.HI/c1-15(2)18(23-11-6-4-5-7-12-23)14-21-19(20)22-16-9-8-10-17(13-16)24-3;/h8-10,13,15,18H,4-7,11-12,14H2,1-3H3,(H3,20,21,22);1H. The number of methoxy groups -OCH3 is 1. The number of halogens is 1. The van der Waals surface area contributed by atoms with Crippen LogP contribution >= 0.6 is 24.0 Å². The van der Waals surface area contributed by atoms with Crippen LogP contribution in [0.25, 0.3) is 0 Å². The lowest BCUT2D eigenvalue weighted by Crippen LogP contribution is -2.42. The van der Waals surface area contributed by atoms with E-state index < -0.39 is 0 Å². The summed E-state index contributed by atoms with van der Waals surface area (Å²) in [6.07, 6.45) is 5.29. The average Bonchev–Trinajstić information content (AvgIpc) is 2.84. The Labute approximate surface area is 169 Å². The highest BCUT2D eigenvalue weighted by atomic mass is 127. The van der Waals surface area contributed by atoms with Gasteiger partial charge in [0.2, 0.25) is 0 Å². The van der Waals surface area contributed by atoms with Crippen LogP contribution in [0.15, 0.2) is 29.3 Å². The Bertz CT molecular complexity index is 528. The van der Waals surface area contributed by atoms with Crippen molar-refractivity contribution in [2.75, 3.05) is 32.1 Å². The molecule has 142 valence electrons. The van der Waals surface area contributed by atoms with E-state index in [0.717, 1.165) is 18.0 Å². The van der Waals surface area contributed by atoms with E-state index in [-0.39, 0.29) is 24.0 Å². The van der Waals surface area contributed by atoms with Gasteiger partial charge in [0.25, 0.3) is 0 Å². The molecule has 1 saturated heterocycles. The van der Waals surface area contributed by atoms with Crippen LogP contribution in [0, 0.1) is 5.92 Å². The summed E-state index contributed by atoms with van der Waals surface area (Å²) in [6.45, 7) is 7.65. The molecule has 25 heavy (non-hydrogen) atoms. The van der Waals surface area contributed by atoms with Gasteiger partial charge in [-0.1, -0.05) is 32.8 Å². The highest BCUT2D eigenvalue weighted by Crippen LogP contribution is 2.18. The van der Waals surface area contributed by atoms with E-state index in [4.69, 9.17) is 10.5 Å². The van der Waals surface area contributed by atoms with E-state index in [1.807, 2.05) is 24.3 Å². The van der Waals surface area contributed by atoms with Gasteiger partial charge in [-0.15, -0.1) is 24.0 Å². The number of benzene rings is 1. The SMILES string of the molecule is COc1cccc(NC(N)=NCC(C(C)C)N2CCCCCC2)c1.I. The van der Waals surface area contributed by atoms with Gasteiger partial charge in [-0.25, -0.2) is 0 Å². The fourth-order valence-electron chi connectivity index (χ4n) is 3.25. The maximum absolute atomic E-state index is 6.09. The van der Waals surface area contributed by atoms with Crippen LogP contribution in [0.1, 0.15) is 39.5 Å². The number of ether oxygens (including phenoxy) is 1. The Morgan fingerprint density at radius 3 is 2.52 bits per heavy atom. The van der Waals surface area contributed by atoms with E-state index in [1.165, 1.54) is 38.8 Å². The number of aliphatic imine (C=N–C) groups is 1. The Morgan fingerprint density at radius 1 is 1.24 bits per heavy atom. The van der Waals surface area contributed by atoms with Crippen LogP contribution in [0.5, 0.6) is 5.75 Å². The number of likely N-dealkylation sites (tertiary alicyclic amines) is 1. The molecule has 1 unspecified atom stereocenters. The minimum atomic E-state index is 0. The third-order valence-corrected chi connectivity index (χ3v) is 4.67. The van der Waals surface area contributed by atoms with Gasteiger partial charge in [0, 0.05) is 17.8 Å². The van der Waals surface area contributed by atoms with Crippen LogP contribution < -0.4 is 15.8 Å². The number of nitrogens with two attached hydrogens (primary N) is 1. The first kappa shape index (κ1) is 22.0. The van der Waals surface area contributed by atoms with Crippen molar-refractivity contribution in [2.45, 2.75) is 45.6 Å². The third kappa shape index (κ3) is 7.40. The molecule has 0 radical (unpaired) electrons. The molecule has 0 saturated carbocycles. The molecule has 3 N–H and O–H groups in total. The summed E-state index contributed by atoms with van der Waals surface area (Å²) in [5, 5.41) is 3.16. The van der Waals surface area contributed by atoms with E-state index in [2.05, 4.69) is 29.1 Å². The van der Waals surface area contributed by atoms with Crippen molar-refractivity contribution in [3.63, 3.8) is 0 Å². The van der Waals surface area contributed by atoms with Crippen molar-refractivity contribution in [1.29, 1.82) is 0 Å². The number of nitrogens with one attached hydrogen (secondary N) is 1. The molecule has 2 rings (SSSR count). The zero-order chi connectivity index (χ0) is 17.4. The minimum absolute atomic E-state index is 0. The van der Waals surface area contributed by atoms with Gasteiger partial charge >= 0.3 is 0 Å². The van der Waals surface area contributed by atoms with E-state index in [0.29, 0.717) is 17.9 Å². The van der Waals surface area contributed by atoms with E-state index in [9.17, 15) is 0 Å². The maximum atomic E-state index is 6.09. The molecule has 0 aromatic heterocycles. The van der Waals surface area contributed by atoms with Crippen LogP contribution in [-0.2, 0) is 0 Å². The molecule has 0 bridgehead atoms. The highest BCUT2D eigenvalue weighted by Gasteiger charge is 2.22. The molecule has 1 aromatic rings. The van der Waals surface area contributed by atoms with Crippen molar-refractivity contribution >= 4 is 35.6 Å². The van der Waals surface area contributed by atoms with Gasteiger partial charge in [0.1, 0.15) is 5.75 Å². The monoisotopic (exact) mass is 460 g/mol. The first-order valence-corrected chi connectivity index (χ1v) is 9.05. The number of hydrogen-bond donors (Lipinski definition) is 2. The first-order valence-electron chi connectivity index (χ1n) is 9.05. The summed E-state index contributed by atoms with van der Waals surface area (Å²) in [7, 11) is 1.66. The van der Waals surface area contributed by atoms with Gasteiger partial charge in [0.15, 0.2) is 5.96 Å². The number of anilines is 1. The summed E-state index contributed by atoms with van der Waals surface area (Å²) in [4.78, 5) is 7.20. The average molecular weight is 460 g/mol. The zero-order valence-corrected chi connectivity index (χ0v) is 18.0. The normalized spacial score (nSPS) is 17.5. The molecular weight excluding hydrogens is 427 g/mol. The smallest absolute Gasteiger partial charge is 0.193 e. The van der Waals surface area contributed by atoms with E-state index in [1.54, 1.807) is 7.11 Å². The molecular formula is C19H33IN4O. The second kappa shape index (κ2) is 11.6. The number of rotatable bonds is 6. The van der Waals surface area contributed by atoms with Gasteiger partial charge < -0.3 is 15.8 Å². The van der Waals surface area contributed by atoms with Gasteiger partial charge in [0.05, 0.1) is 13.7 Å². The van der Waals surface area contributed by atoms with Gasteiger partial charge in [-0.2, -0.15) is 0 Å². The summed E-state index contributed by atoms with van der Waals surface area (Å²) < 4.78 is 5.23. The summed E-state index contributed by atoms with van der Waals surface area (Å²) in [6, 6.07) is 8.17.